The number of ether oxygens (including phenoxy) is 6. The molecule has 0 aromatic carbocycles. The minimum Gasteiger partial charge on any atom is -0.331 e. The normalized spacial score (nSPS) is 12.5. The Balaban J connectivity index is 3.25. The van der Waals surface area contributed by atoms with Gasteiger partial charge in [-0.25, -0.2) is 0 Å². The van der Waals surface area contributed by atoms with E-state index in [1.165, 1.54) is 128 Å². The highest BCUT2D eigenvalue weighted by Crippen LogP contribution is 2.23. The largest absolute Gasteiger partial charge is 0.331 e. The third kappa shape index (κ3) is 19.8. The zero-order chi connectivity index (χ0) is 28.2. The fraction of sp³-hybridized carbons (Fsp3) is 1.00. The van der Waals surface area contributed by atoms with E-state index in [1.54, 1.807) is 42.7 Å². The Bertz CT molecular complexity index is 406. The summed E-state index contributed by atoms with van der Waals surface area (Å²) in [5.41, 5.74) is 0. The van der Waals surface area contributed by atoms with Crippen LogP contribution in [0.4, 0.5) is 0 Å². The van der Waals surface area contributed by atoms with Gasteiger partial charge in [0.2, 0.25) is 0 Å². The molecule has 0 aliphatic carbocycles. The van der Waals surface area contributed by atoms with Crippen LogP contribution in [0.15, 0.2) is 0 Å². The summed E-state index contributed by atoms with van der Waals surface area (Å²) in [5, 5.41) is 0. The molecule has 0 unspecified atom stereocenters. The van der Waals surface area contributed by atoms with E-state index in [1.807, 2.05) is 0 Å². The van der Waals surface area contributed by atoms with Gasteiger partial charge in [0.05, 0.1) is 0 Å². The summed E-state index contributed by atoms with van der Waals surface area (Å²) < 4.78 is 32.1. The summed E-state index contributed by atoms with van der Waals surface area (Å²) in [4.78, 5) is 0. The second kappa shape index (κ2) is 27.0. The maximum Gasteiger partial charge on any atom is 0.282 e. The molecule has 0 aliphatic heterocycles. The molecule has 38 heavy (non-hydrogen) atoms. The second-order valence-electron chi connectivity index (χ2n) is 10.9. The standard InChI is InChI=1S/C32H66O6/c1-33-31(34-2,35-3)29-27-25-23-21-19-17-15-13-11-9-7-8-10-12-14-16-18-20-22-24-26-28-30-32(36-4,37-5)38-6/h7-30H2,1-6H3. The molecule has 0 aliphatic rings. The molecule has 6 heteroatoms. The average Bonchev–Trinajstić information content (AvgIpc) is 2.96. The van der Waals surface area contributed by atoms with Gasteiger partial charge in [-0.2, -0.15) is 0 Å². The van der Waals surface area contributed by atoms with Crippen molar-refractivity contribution >= 4 is 0 Å². The molecular weight excluding hydrogens is 480 g/mol. The Morgan fingerprint density at radius 3 is 0.500 bits per heavy atom. The van der Waals surface area contributed by atoms with Crippen molar-refractivity contribution in [2.75, 3.05) is 42.7 Å². The maximum atomic E-state index is 5.35. The van der Waals surface area contributed by atoms with Crippen molar-refractivity contribution in [3.05, 3.63) is 0 Å². The van der Waals surface area contributed by atoms with Gasteiger partial charge < -0.3 is 28.4 Å². The molecule has 0 aromatic rings. The minimum absolute atomic E-state index is 0.792. The van der Waals surface area contributed by atoms with Crippen LogP contribution in [-0.4, -0.2) is 54.6 Å². The zero-order valence-electron chi connectivity index (χ0n) is 26.4. The SMILES string of the molecule is COC(CCCCCCCCCCCCCCCCCCCCCCCCC(OC)(OC)OC)(OC)OC. The van der Waals surface area contributed by atoms with Crippen LogP contribution >= 0.6 is 0 Å². The number of unbranched alkanes of at least 4 members (excludes halogenated alkanes) is 21. The average molecular weight is 547 g/mol. The molecule has 230 valence electrons. The van der Waals surface area contributed by atoms with Gasteiger partial charge >= 0.3 is 0 Å². The lowest BCUT2D eigenvalue weighted by Gasteiger charge is -2.28. The minimum atomic E-state index is -0.851. The predicted molar refractivity (Wildman–Crippen MR) is 158 cm³/mol. The van der Waals surface area contributed by atoms with Crippen molar-refractivity contribution in [1.29, 1.82) is 0 Å². The van der Waals surface area contributed by atoms with Crippen LogP contribution < -0.4 is 0 Å². The second-order valence-corrected chi connectivity index (χ2v) is 10.9. The van der Waals surface area contributed by atoms with E-state index in [0.717, 1.165) is 25.7 Å². The van der Waals surface area contributed by atoms with Crippen molar-refractivity contribution in [3.63, 3.8) is 0 Å². The number of hydrogen-bond acceptors (Lipinski definition) is 6. The van der Waals surface area contributed by atoms with Crippen molar-refractivity contribution in [2.45, 2.75) is 166 Å². The van der Waals surface area contributed by atoms with Gasteiger partial charge in [-0.1, -0.05) is 128 Å². The first-order valence-corrected chi connectivity index (χ1v) is 15.9. The van der Waals surface area contributed by atoms with Gasteiger partial charge in [-0.3, -0.25) is 0 Å². The van der Waals surface area contributed by atoms with E-state index in [0.29, 0.717) is 0 Å². The third-order valence-corrected chi connectivity index (χ3v) is 8.08. The Morgan fingerprint density at radius 1 is 0.237 bits per heavy atom. The lowest BCUT2D eigenvalue weighted by molar-refractivity contribution is -0.355. The number of methoxy groups -OCH3 is 6. The van der Waals surface area contributed by atoms with E-state index in [9.17, 15) is 0 Å². The first-order valence-electron chi connectivity index (χ1n) is 15.9. The molecule has 0 atom stereocenters. The lowest BCUT2D eigenvalue weighted by Crippen LogP contribution is -2.35. The molecule has 0 N–H and O–H groups in total. The molecule has 0 amide bonds. The third-order valence-electron chi connectivity index (χ3n) is 8.08. The molecule has 6 nitrogen and oxygen atoms in total. The molecule has 0 saturated carbocycles. The van der Waals surface area contributed by atoms with Crippen molar-refractivity contribution in [1.82, 2.24) is 0 Å². The van der Waals surface area contributed by atoms with Crippen LogP contribution in [-0.2, 0) is 28.4 Å². The van der Waals surface area contributed by atoms with Crippen LogP contribution in [0.5, 0.6) is 0 Å². The summed E-state index contributed by atoms with van der Waals surface area (Å²) in [6.07, 6.45) is 31.3. The topological polar surface area (TPSA) is 55.4 Å². The highest BCUT2D eigenvalue weighted by Gasteiger charge is 2.29. The molecular formula is C32H66O6. The number of rotatable bonds is 31. The van der Waals surface area contributed by atoms with Gasteiger partial charge in [-0.05, 0) is 12.8 Å². The molecule has 0 radical (unpaired) electrons. The molecule has 0 fully saturated rings. The van der Waals surface area contributed by atoms with Gasteiger partial charge in [-0.15, -0.1) is 0 Å². The van der Waals surface area contributed by atoms with Crippen molar-refractivity contribution in [3.8, 4) is 0 Å². The van der Waals surface area contributed by atoms with Crippen molar-refractivity contribution < 1.29 is 28.4 Å². The van der Waals surface area contributed by atoms with E-state index >= 15 is 0 Å². The lowest BCUT2D eigenvalue weighted by atomic mass is 10.0. The van der Waals surface area contributed by atoms with Gasteiger partial charge in [0.25, 0.3) is 11.9 Å². The smallest absolute Gasteiger partial charge is 0.282 e. The fourth-order valence-electron chi connectivity index (χ4n) is 5.33. The van der Waals surface area contributed by atoms with Gasteiger partial charge in [0, 0.05) is 55.5 Å². The quantitative estimate of drug-likeness (QED) is 0.0637. The van der Waals surface area contributed by atoms with Crippen LogP contribution in [0.2, 0.25) is 0 Å². The molecule has 0 heterocycles. The number of hydrogen-bond donors (Lipinski definition) is 0. The summed E-state index contributed by atoms with van der Waals surface area (Å²) in [5.74, 6) is -1.70. The van der Waals surface area contributed by atoms with Crippen molar-refractivity contribution in [2.24, 2.45) is 0 Å². The van der Waals surface area contributed by atoms with Crippen LogP contribution in [0.1, 0.15) is 154 Å². The highest BCUT2D eigenvalue weighted by molar-refractivity contribution is 4.58. The van der Waals surface area contributed by atoms with Crippen LogP contribution in [0.25, 0.3) is 0 Å². The molecule has 0 spiro atoms. The highest BCUT2D eigenvalue weighted by atomic mass is 16.9. The van der Waals surface area contributed by atoms with E-state index in [4.69, 9.17) is 28.4 Å². The molecule has 0 saturated heterocycles. The molecule has 0 bridgehead atoms. The van der Waals surface area contributed by atoms with E-state index < -0.39 is 11.9 Å². The van der Waals surface area contributed by atoms with Gasteiger partial charge in [0.1, 0.15) is 0 Å². The zero-order valence-corrected chi connectivity index (χ0v) is 26.4. The predicted octanol–water partition coefficient (Wildman–Crippen LogP) is 9.53. The maximum absolute atomic E-state index is 5.35. The first-order chi connectivity index (χ1) is 18.6. The summed E-state index contributed by atoms with van der Waals surface area (Å²) >= 11 is 0. The summed E-state index contributed by atoms with van der Waals surface area (Å²) in [6, 6.07) is 0. The monoisotopic (exact) mass is 546 g/mol. The van der Waals surface area contributed by atoms with Crippen LogP contribution in [0, 0.1) is 0 Å². The van der Waals surface area contributed by atoms with E-state index in [2.05, 4.69) is 0 Å². The summed E-state index contributed by atoms with van der Waals surface area (Å²) in [6.45, 7) is 0. The summed E-state index contributed by atoms with van der Waals surface area (Å²) in [7, 11) is 9.84. The molecule has 0 aromatic heterocycles. The Hall–Kier alpha value is -0.240. The van der Waals surface area contributed by atoms with Gasteiger partial charge in [0.15, 0.2) is 0 Å². The Labute approximate surface area is 237 Å². The fourth-order valence-corrected chi connectivity index (χ4v) is 5.33. The Morgan fingerprint density at radius 2 is 0.368 bits per heavy atom. The van der Waals surface area contributed by atoms with Crippen LogP contribution in [0.3, 0.4) is 0 Å². The first kappa shape index (κ1) is 37.8. The Kier molecular flexibility index (Phi) is 26.8. The van der Waals surface area contributed by atoms with E-state index in [-0.39, 0.29) is 0 Å². The molecule has 0 rings (SSSR count).